The summed E-state index contributed by atoms with van der Waals surface area (Å²) in [5, 5.41) is 2.43. The van der Waals surface area contributed by atoms with Crippen molar-refractivity contribution in [3.05, 3.63) is 0 Å². The van der Waals surface area contributed by atoms with E-state index in [1.165, 1.54) is 7.11 Å². The number of nitrogens with one attached hydrogen (secondary N) is 1. The zero-order valence-corrected chi connectivity index (χ0v) is 6.85. The molecule has 0 fully saturated rings. The van der Waals surface area contributed by atoms with E-state index >= 15 is 0 Å². The van der Waals surface area contributed by atoms with Gasteiger partial charge in [-0.1, -0.05) is 0 Å². The van der Waals surface area contributed by atoms with E-state index in [1.807, 2.05) is 0 Å². The molecule has 0 radical (unpaired) electrons. The molecule has 11 heavy (non-hydrogen) atoms. The van der Waals surface area contributed by atoms with Gasteiger partial charge in [0.1, 0.15) is 6.61 Å². The van der Waals surface area contributed by atoms with Crippen molar-refractivity contribution in [2.24, 2.45) is 0 Å². The fourth-order valence-corrected chi connectivity index (χ4v) is 0.611. The smallest absolute Gasteiger partial charge is 0.220 e. The van der Waals surface area contributed by atoms with Gasteiger partial charge in [-0.25, -0.2) is 0 Å². The second-order valence-corrected chi connectivity index (χ2v) is 2.14. The van der Waals surface area contributed by atoms with Crippen LogP contribution in [0.15, 0.2) is 0 Å². The van der Waals surface area contributed by atoms with Gasteiger partial charge in [0.15, 0.2) is 5.78 Å². The van der Waals surface area contributed by atoms with E-state index in [-0.39, 0.29) is 31.1 Å². The van der Waals surface area contributed by atoms with E-state index in [1.54, 1.807) is 7.05 Å². The van der Waals surface area contributed by atoms with Crippen LogP contribution in [-0.2, 0) is 14.3 Å². The summed E-state index contributed by atoms with van der Waals surface area (Å²) in [6.07, 6.45) is 0.506. The third kappa shape index (κ3) is 5.54. The first-order valence-electron chi connectivity index (χ1n) is 3.42. The number of hydrogen-bond acceptors (Lipinski definition) is 3. The molecule has 0 rings (SSSR count). The number of Topliss-reactive ketones (excluding diaryl/α,β-unsaturated/α-hetero) is 1. The lowest BCUT2D eigenvalue weighted by Gasteiger charge is -1.98. The molecule has 0 unspecified atom stereocenters. The van der Waals surface area contributed by atoms with E-state index < -0.39 is 0 Å². The van der Waals surface area contributed by atoms with Crippen LogP contribution in [-0.4, -0.2) is 32.5 Å². The van der Waals surface area contributed by atoms with Gasteiger partial charge in [0, 0.05) is 27.0 Å². The summed E-state index contributed by atoms with van der Waals surface area (Å²) < 4.78 is 4.59. The average molecular weight is 159 g/mol. The maximum Gasteiger partial charge on any atom is 0.220 e. The fourth-order valence-electron chi connectivity index (χ4n) is 0.611. The van der Waals surface area contributed by atoms with Crippen molar-refractivity contribution in [2.45, 2.75) is 12.8 Å². The molecule has 4 nitrogen and oxygen atoms in total. The van der Waals surface area contributed by atoms with Crippen LogP contribution in [0.2, 0.25) is 0 Å². The molecule has 0 aliphatic heterocycles. The lowest BCUT2D eigenvalue weighted by molar-refractivity contribution is -0.127. The number of hydrogen-bond donors (Lipinski definition) is 1. The van der Waals surface area contributed by atoms with Gasteiger partial charge >= 0.3 is 0 Å². The molecule has 0 aromatic carbocycles. The van der Waals surface area contributed by atoms with Gasteiger partial charge in [-0.2, -0.15) is 0 Å². The highest BCUT2D eigenvalue weighted by molar-refractivity contribution is 5.85. The van der Waals surface area contributed by atoms with Crippen LogP contribution in [0.1, 0.15) is 12.8 Å². The zero-order valence-electron chi connectivity index (χ0n) is 6.85. The second kappa shape index (κ2) is 5.85. The lowest BCUT2D eigenvalue weighted by Crippen LogP contribution is -2.19. The Morgan fingerprint density at radius 3 is 2.45 bits per heavy atom. The Morgan fingerprint density at radius 1 is 1.36 bits per heavy atom. The van der Waals surface area contributed by atoms with Gasteiger partial charge in [-0.3, -0.25) is 9.59 Å². The van der Waals surface area contributed by atoms with Crippen molar-refractivity contribution in [3.8, 4) is 0 Å². The number of carbonyl (C=O) groups excluding carboxylic acids is 2. The lowest BCUT2D eigenvalue weighted by atomic mass is 10.2. The highest BCUT2D eigenvalue weighted by Crippen LogP contribution is 1.90. The number of methoxy groups -OCH3 is 1. The topological polar surface area (TPSA) is 55.4 Å². The Kier molecular flexibility index (Phi) is 5.37. The van der Waals surface area contributed by atoms with Gasteiger partial charge in [0.05, 0.1) is 0 Å². The van der Waals surface area contributed by atoms with Crippen LogP contribution in [0.25, 0.3) is 0 Å². The van der Waals surface area contributed by atoms with Crippen molar-refractivity contribution < 1.29 is 14.3 Å². The maximum absolute atomic E-state index is 10.8. The number of amides is 1. The third-order valence-corrected chi connectivity index (χ3v) is 1.22. The van der Waals surface area contributed by atoms with Gasteiger partial charge < -0.3 is 10.1 Å². The average Bonchev–Trinajstić information content (AvgIpc) is 2.01. The summed E-state index contributed by atoms with van der Waals surface area (Å²) in [4.78, 5) is 21.4. The molecular formula is C7H13NO3. The molecule has 1 N–H and O–H groups in total. The molecule has 0 aliphatic carbocycles. The Labute approximate surface area is 65.9 Å². The van der Waals surface area contributed by atoms with E-state index in [0.717, 1.165) is 0 Å². The van der Waals surface area contributed by atoms with Crippen LogP contribution in [0.4, 0.5) is 0 Å². The van der Waals surface area contributed by atoms with E-state index in [2.05, 4.69) is 10.1 Å². The molecular weight excluding hydrogens is 146 g/mol. The van der Waals surface area contributed by atoms with Gasteiger partial charge in [-0.15, -0.1) is 0 Å². The molecule has 4 heteroatoms. The SMILES string of the molecule is CNC(=O)CCC(=O)COC. The van der Waals surface area contributed by atoms with Crippen LogP contribution in [0.5, 0.6) is 0 Å². The summed E-state index contributed by atoms with van der Waals surface area (Å²) in [5.41, 5.74) is 0. The van der Waals surface area contributed by atoms with E-state index in [4.69, 9.17) is 0 Å². The first-order valence-corrected chi connectivity index (χ1v) is 3.42. The van der Waals surface area contributed by atoms with Crippen LogP contribution in [0, 0.1) is 0 Å². The molecule has 1 amide bonds. The van der Waals surface area contributed by atoms with Gasteiger partial charge in [0.25, 0.3) is 0 Å². The number of ketones is 1. The van der Waals surface area contributed by atoms with E-state index in [9.17, 15) is 9.59 Å². The van der Waals surface area contributed by atoms with Crippen molar-refractivity contribution in [2.75, 3.05) is 20.8 Å². The standard InChI is InChI=1S/C7H13NO3/c1-8-7(10)4-3-6(9)5-11-2/h3-5H2,1-2H3,(H,8,10). The Bertz CT molecular complexity index is 145. The summed E-state index contributed by atoms with van der Waals surface area (Å²) in [6.45, 7) is 0.0942. The fraction of sp³-hybridized carbons (Fsp3) is 0.714. The Hall–Kier alpha value is -0.900. The number of ether oxygens (including phenoxy) is 1. The minimum atomic E-state index is -0.116. The second-order valence-electron chi connectivity index (χ2n) is 2.14. The highest BCUT2D eigenvalue weighted by Gasteiger charge is 2.03. The van der Waals surface area contributed by atoms with Gasteiger partial charge in [-0.05, 0) is 0 Å². The Balaban J connectivity index is 3.38. The molecule has 0 aliphatic rings. The van der Waals surface area contributed by atoms with Crippen LogP contribution in [0.3, 0.4) is 0 Å². The first-order chi connectivity index (χ1) is 5.20. The van der Waals surface area contributed by atoms with Crippen molar-refractivity contribution >= 4 is 11.7 Å². The monoisotopic (exact) mass is 159 g/mol. The van der Waals surface area contributed by atoms with Crippen LogP contribution >= 0.6 is 0 Å². The largest absolute Gasteiger partial charge is 0.377 e. The highest BCUT2D eigenvalue weighted by atomic mass is 16.5. The predicted molar refractivity (Wildman–Crippen MR) is 40.2 cm³/mol. The van der Waals surface area contributed by atoms with E-state index in [0.29, 0.717) is 0 Å². The molecule has 0 aromatic rings. The normalized spacial score (nSPS) is 9.27. The molecule has 64 valence electrons. The summed E-state index contributed by atoms with van der Waals surface area (Å²) in [5.74, 6) is -0.162. The molecule has 0 aromatic heterocycles. The molecule has 0 heterocycles. The summed E-state index contributed by atoms with van der Waals surface area (Å²) in [6, 6.07) is 0. The molecule has 0 saturated carbocycles. The minimum absolute atomic E-state index is 0.0453. The Morgan fingerprint density at radius 2 is 2.00 bits per heavy atom. The van der Waals surface area contributed by atoms with Crippen molar-refractivity contribution in [3.63, 3.8) is 0 Å². The third-order valence-electron chi connectivity index (χ3n) is 1.22. The van der Waals surface area contributed by atoms with Gasteiger partial charge in [0.2, 0.25) is 5.91 Å². The minimum Gasteiger partial charge on any atom is -0.377 e. The quantitative estimate of drug-likeness (QED) is 0.600. The first kappa shape index (κ1) is 10.1. The van der Waals surface area contributed by atoms with Crippen molar-refractivity contribution in [1.29, 1.82) is 0 Å². The summed E-state index contributed by atoms with van der Waals surface area (Å²) >= 11 is 0. The number of carbonyl (C=O) groups is 2. The summed E-state index contributed by atoms with van der Waals surface area (Å²) in [7, 11) is 3.00. The van der Waals surface area contributed by atoms with Crippen LogP contribution < -0.4 is 5.32 Å². The molecule has 0 saturated heterocycles. The molecule has 0 spiro atoms. The predicted octanol–water partition coefficient (Wildman–Crippen LogP) is -0.272. The maximum atomic E-state index is 10.8. The van der Waals surface area contributed by atoms with Crippen molar-refractivity contribution in [1.82, 2.24) is 5.32 Å². The molecule has 0 bridgehead atoms. The zero-order chi connectivity index (χ0) is 8.69. The number of rotatable bonds is 5. The molecule has 0 atom stereocenters.